The van der Waals surface area contributed by atoms with Crippen LogP contribution in [0.4, 0.5) is 10.5 Å². The number of hydrogen-bond donors (Lipinski definition) is 1. The molecule has 6 nitrogen and oxygen atoms in total. The largest absolute Gasteiger partial charge is 0.322 e. The Morgan fingerprint density at radius 1 is 1.28 bits per heavy atom. The summed E-state index contributed by atoms with van der Waals surface area (Å²) in [6, 6.07) is 9.72. The van der Waals surface area contributed by atoms with Crippen molar-refractivity contribution < 1.29 is 4.79 Å². The molecule has 2 aromatic heterocycles. The minimum absolute atomic E-state index is 0.102. The van der Waals surface area contributed by atoms with Crippen molar-refractivity contribution in [3.05, 3.63) is 54.5 Å². The topological polar surface area (TPSA) is 63.1 Å². The second-order valence-electron chi connectivity index (χ2n) is 6.21. The fourth-order valence-corrected chi connectivity index (χ4v) is 2.77. The molecule has 0 aliphatic rings. The van der Waals surface area contributed by atoms with Gasteiger partial charge in [-0.25, -0.2) is 4.79 Å². The smallest absolute Gasteiger partial charge is 0.318 e. The summed E-state index contributed by atoms with van der Waals surface area (Å²) in [6.07, 6.45) is 6.19. The fraction of sp³-hybridized carbons (Fsp3) is 0.316. The second-order valence-corrected chi connectivity index (χ2v) is 6.21. The lowest BCUT2D eigenvalue weighted by Gasteiger charge is -2.29. The van der Waals surface area contributed by atoms with Gasteiger partial charge in [-0.3, -0.25) is 9.67 Å². The molecule has 25 heavy (non-hydrogen) atoms. The molecule has 3 rings (SSSR count). The summed E-state index contributed by atoms with van der Waals surface area (Å²) >= 11 is 0. The number of aromatic nitrogens is 3. The first-order chi connectivity index (χ1) is 12.1. The molecule has 6 heteroatoms. The minimum Gasteiger partial charge on any atom is -0.318 e. The number of hydrogen-bond acceptors (Lipinski definition) is 3. The molecule has 0 unspecified atom stereocenters. The number of carbonyl (C=O) groups is 1. The van der Waals surface area contributed by atoms with Gasteiger partial charge in [0.05, 0.1) is 11.7 Å². The van der Waals surface area contributed by atoms with Gasteiger partial charge in [-0.05, 0) is 49.2 Å². The van der Waals surface area contributed by atoms with Gasteiger partial charge >= 0.3 is 6.03 Å². The number of fused-ring (bicyclic) bond motifs is 1. The van der Waals surface area contributed by atoms with Crippen LogP contribution in [0.1, 0.15) is 25.8 Å². The third-order valence-electron chi connectivity index (χ3n) is 4.48. The maximum atomic E-state index is 12.8. The number of urea groups is 1. The van der Waals surface area contributed by atoms with Gasteiger partial charge in [0, 0.05) is 43.1 Å². The average molecular weight is 337 g/mol. The van der Waals surface area contributed by atoms with E-state index in [9.17, 15) is 4.79 Å². The quantitative estimate of drug-likeness (QED) is 0.770. The van der Waals surface area contributed by atoms with E-state index >= 15 is 0 Å². The number of benzene rings is 1. The molecular formula is C19H23N5O. The van der Waals surface area contributed by atoms with Crippen LogP contribution in [0.2, 0.25) is 0 Å². The predicted octanol–water partition coefficient (Wildman–Crippen LogP) is 3.80. The number of amides is 2. The Labute approximate surface area is 147 Å². The molecule has 0 aliphatic carbocycles. The zero-order valence-electron chi connectivity index (χ0n) is 14.8. The van der Waals surface area contributed by atoms with E-state index in [1.807, 2.05) is 47.0 Å². The van der Waals surface area contributed by atoms with E-state index in [0.29, 0.717) is 6.54 Å². The third-order valence-corrected chi connectivity index (χ3v) is 4.48. The van der Waals surface area contributed by atoms with E-state index in [1.165, 1.54) is 0 Å². The minimum atomic E-state index is -0.102. The lowest BCUT2D eigenvalue weighted by atomic mass is 10.2. The molecule has 2 amide bonds. The first-order valence-corrected chi connectivity index (χ1v) is 8.46. The van der Waals surface area contributed by atoms with Crippen molar-refractivity contribution in [1.82, 2.24) is 19.7 Å². The van der Waals surface area contributed by atoms with E-state index in [2.05, 4.69) is 29.2 Å². The molecular weight excluding hydrogens is 314 g/mol. The van der Waals surface area contributed by atoms with Gasteiger partial charge in [0.25, 0.3) is 0 Å². The lowest BCUT2D eigenvalue weighted by Crippen LogP contribution is -2.40. The number of carbonyl (C=O) groups excluding carboxylic acids is 1. The van der Waals surface area contributed by atoms with Gasteiger partial charge in [-0.2, -0.15) is 5.10 Å². The molecule has 0 aliphatic heterocycles. The molecule has 0 saturated carbocycles. The van der Waals surface area contributed by atoms with Crippen LogP contribution in [0.3, 0.4) is 0 Å². The van der Waals surface area contributed by atoms with Crippen LogP contribution in [0, 0.1) is 0 Å². The van der Waals surface area contributed by atoms with Gasteiger partial charge in [0.1, 0.15) is 0 Å². The molecule has 130 valence electrons. The van der Waals surface area contributed by atoms with E-state index < -0.39 is 0 Å². The number of nitrogens with one attached hydrogen (secondary N) is 1. The molecule has 3 aromatic rings. The average Bonchev–Trinajstić information content (AvgIpc) is 3.00. The Bertz CT molecular complexity index is 859. The summed E-state index contributed by atoms with van der Waals surface area (Å²) in [5.41, 5.74) is 2.87. The van der Waals surface area contributed by atoms with Crippen LogP contribution < -0.4 is 5.32 Å². The number of anilines is 1. The molecule has 0 spiro atoms. The van der Waals surface area contributed by atoms with Gasteiger partial charge < -0.3 is 10.2 Å². The van der Waals surface area contributed by atoms with E-state index in [4.69, 9.17) is 0 Å². The lowest BCUT2D eigenvalue weighted by molar-refractivity contribution is 0.187. The zero-order chi connectivity index (χ0) is 17.8. The number of nitrogens with zero attached hydrogens (tertiary/aromatic N) is 4. The first-order valence-electron chi connectivity index (χ1n) is 8.46. The molecule has 1 atom stereocenters. The third kappa shape index (κ3) is 3.79. The fourth-order valence-electron chi connectivity index (χ4n) is 2.77. The Balaban J connectivity index is 1.78. The summed E-state index contributed by atoms with van der Waals surface area (Å²) < 4.78 is 1.82. The maximum absolute atomic E-state index is 12.8. The highest BCUT2D eigenvalue weighted by molar-refractivity contribution is 5.92. The standard InChI is InChI=1S/C19H23N5O/c1-4-14(2)24(13-15-7-9-20-10-8-15)19(25)22-17-5-6-18-16(11-17)12-21-23(18)3/h5-12,14H,4,13H2,1-3H3,(H,22,25)/t14-/m0/s1. The molecule has 0 radical (unpaired) electrons. The highest BCUT2D eigenvalue weighted by atomic mass is 16.2. The number of rotatable bonds is 5. The van der Waals surface area contributed by atoms with Crippen LogP contribution in [0.5, 0.6) is 0 Å². The summed E-state index contributed by atoms with van der Waals surface area (Å²) in [5, 5.41) is 8.25. The van der Waals surface area contributed by atoms with Crippen molar-refractivity contribution in [2.24, 2.45) is 7.05 Å². The zero-order valence-corrected chi connectivity index (χ0v) is 14.8. The van der Waals surface area contributed by atoms with Crippen LogP contribution >= 0.6 is 0 Å². The summed E-state index contributed by atoms with van der Waals surface area (Å²) in [7, 11) is 1.90. The highest BCUT2D eigenvalue weighted by Gasteiger charge is 2.19. The van der Waals surface area contributed by atoms with Crippen LogP contribution in [-0.4, -0.2) is 31.7 Å². The number of aryl methyl sites for hydroxylation is 1. The van der Waals surface area contributed by atoms with Crippen LogP contribution in [0.15, 0.2) is 48.9 Å². The number of pyridine rings is 1. The van der Waals surface area contributed by atoms with Crippen molar-refractivity contribution >= 4 is 22.6 Å². The Morgan fingerprint density at radius 2 is 2.04 bits per heavy atom. The SMILES string of the molecule is CC[C@H](C)N(Cc1ccncc1)C(=O)Nc1ccc2c(cnn2C)c1. The van der Waals surface area contributed by atoms with Gasteiger partial charge in [-0.15, -0.1) is 0 Å². The molecule has 0 bridgehead atoms. The molecule has 1 aromatic carbocycles. The Kier molecular flexibility index (Phi) is 4.97. The Morgan fingerprint density at radius 3 is 2.76 bits per heavy atom. The van der Waals surface area contributed by atoms with Gasteiger partial charge in [0.2, 0.25) is 0 Å². The normalized spacial score (nSPS) is 12.1. The monoisotopic (exact) mass is 337 g/mol. The molecule has 0 fully saturated rings. The van der Waals surface area contributed by atoms with Crippen molar-refractivity contribution in [1.29, 1.82) is 0 Å². The van der Waals surface area contributed by atoms with Crippen LogP contribution in [0.25, 0.3) is 10.9 Å². The maximum Gasteiger partial charge on any atom is 0.322 e. The summed E-state index contributed by atoms with van der Waals surface area (Å²) in [6.45, 7) is 4.70. The Hall–Kier alpha value is -2.89. The van der Waals surface area contributed by atoms with Gasteiger partial charge in [-0.1, -0.05) is 6.92 Å². The summed E-state index contributed by atoms with van der Waals surface area (Å²) in [5.74, 6) is 0. The highest BCUT2D eigenvalue weighted by Crippen LogP contribution is 2.20. The molecule has 1 N–H and O–H groups in total. The van der Waals surface area contributed by atoms with Crippen molar-refractivity contribution in [3.8, 4) is 0 Å². The van der Waals surface area contributed by atoms with E-state index in [-0.39, 0.29) is 12.1 Å². The van der Waals surface area contributed by atoms with Crippen molar-refractivity contribution in [3.63, 3.8) is 0 Å². The predicted molar refractivity (Wildman–Crippen MR) is 99.3 cm³/mol. The second kappa shape index (κ2) is 7.34. The molecule has 2 heterocycles. The molecule has 0 saturated heterocycles. The van der Waals surface area contributed by atoms with E-state index in [1.54, 1.807) is 18.6 Å². The van der Waals surface area contributed by atoms with E-state index in [0.717, 1.165) is 28.6 Å². The van der Waals surface area contributed by atoms with Crippen LogP contribution in [-0.2, 0) is 13.6 Å². The van der Waals surface area contributed by atoms with Crippen molar-refractivity contribution in [2.45, 2.75) is 32.9 Å². The van der Waals surface area contributed by atoms with Gasteiger partial charge in [0.15, 0.2) is 0 Å². The first kappa shape index (κ1) is 17.0. The summed E-state index contributed by atoms with van der Waals surface area (Å²) in [4.78, 5) is 18.7. The van der Waals surface area contributed by atoms with Crippen molar-refractivity contribution in [2.75, 3.05) is 5.32 Å².